The predicted octanol–water partition coefficient (Wildman–Crippen LogP) is 6.90. The highest BCUT2D eigenvalue weighted by Crippen LogP contribution is 2.21. The van der Waals surface area contributed by atoms with E-state index in [1.807, 2.05) is 0 Å². The molecule has 0 atom stereocenters. The van der Waals surface area contributed by atoms with Crippen LogP contribution in [0.3, 0.4) is 0 Å². The SMILES string of the molecule is CCCCCCCCCOC(=O)c1cc(C(=O)O)c(C(=O)OCCCCCCCCC)cc1C(=O)O. The summed E-state index contributed by atoms with van der Waals surface area (Å²) in [6.45, 7) is 4.51. The van der Waals surface area contributed by atoms with Crippen molar-refractivity contribution >= 4 is 23.9 Å². The number of carboxylic acids is 2. The van der Waals surface area contributed by atoms with Crippen molar-refractivity contribution in [2.24, 2.45) is 0 Å². The molecule has 1 aromatic rings. The van der Waals surface area contributed by atoms with Crippen LogP contribution in [0, 0.1) is 0 Å². The Bertz CT molecular complexity index is 776. The number of rotatable bonds is 20. The first-order chi connectivity index (χ1) is 17.3. The minimum atomic E-state index is -1.46. The Morgan fingerprint density at radius 2 is 0.833 bits per heavy atom. The molecule has 0 radical (unpaired) electrons. The zero-order valence-corrected chi connectivity index (χ0v) is 21.8. The number of carboxylic acid groups (broad SMARTS) is 2. The molecule has 0 aromatic heterocycles. The number of benzene rings is 1. The summed E-state index contributed by atoms with van der Waals surface area (Å²) in [4.78, 5) is 48.7. The molecule has 0 aliphatic carbocycles. The highest BCUT2D eigenvalue weighted by Gasteiger charge is 2.27. The second kappa shape index (κ2) is 18.4. The average Bonchev–Trinajstić information content (AvgIpc) is 2.85. The van der Waals surface area contributed by atoms with Crippen LogP contribution in [0.5, 0.6) is 0 Å². The molecule has 8 heteroatoms. The normalized spacial score (nSPS) is 10.7. The van der Waals surface area contributed by atoms with Gasteiger partial charge in [-0.15, -0.1) is 0 Å². The van der Waals surface area contributed by atoms with Crippen LogP contribution < -0.4 is 0 Å². The Morgan fingerprint density at radius 3 is 1.14 bits per heavy atom. The molecule has 1 rings (SSSR count). The maximum absolute atomic E-state index is 12.5. The highest BCUT2D eigenvalue weighted by atomic mass is 16.5. The zero-order valence-electron chi connectivity index (χ0n) is 21.8. The third kappa shape index (κ3) is 11.7. The van der Waals surface area contributed by atoms with Crippen molar-refractivity contribution in [1.29, 1.82) is 0 Å². The molecule has 0 aliphatic heterocycles. The van der Waals surface area contributed by atoms with Gasteiger partial charge in [-0.3, -0.25) is 0 Å². The van der Waals surface area contributed by atoms with Gasteiger partial charge in [0.05, 0.1) is 35.5 Å². The second-order valence-electron chi connectivity index (χ2n) is 9.07. The largest absolute Gasteiger partial charge is 0.478 e. The highest BCUT2D eigenvalue weighted by molar-refractivity contribution is 6.09. The summed E-state index contributed by atoms with van der Waals surface area (Å²) in [7, 11) is 0. The van der Waals surface area contributed by atoms with E-state index in [-0.39, 0.29) is 13.2 Å². The van der Waals surface area contributed by atoms with Gasteiger partial charge in [-0.25, -0.2) is 19.2 Å². The van der Waals surface area contributed by atoms with Crippen LogP contribution >= 0.6 is 0 Å². The van der Waals surface area contributed by atoms with E-state index in [2.05, 4.69) is 13.8 Å². The van der Waals surface area contributed by atoms with Crippen molar-refractivity contribution < 1.29 is 38.9 Å². The third-order valence-corrected chi connectivity index (χ3v) is 6.02. The fraction of sp³-hybridized carbons (Fsp3) is 0.643. The number of aromatic carboxylic acids is 2. The lowest BCUT2D eigenvalue weighted by Crippen LogP contribution is -2.19. The number of carbonyl (C=O) groups is 4. The van der Waals surface area contributed by atoms with E-state index in [0.717, 1.165) is 63.5 Å². The molecule has 202 valence electrons. The van der Waals surface area contributed by atoms with Crippen LogP contribution in [0.4, 0.5) is 0 Å². The first-order valence-corrected chi connectivity index (χ1v) is 13.3. The molecule has 36 heavy (non-hydrogen) atoms. The molecular weight excluding hydrogens is 464 g/mol. The van der Waals surface area contributed by atoms with E-state index >= 15 is 0 Å². The van der Waals surface area contributed by atoms with E-state index in [9.17, 15) is 29.4 Å². The molecule has 0 spiro atoms. The first-order valence-electron chi connectivity index (χ1n) is 13.3. The van der Waals surface area contributed by atoms with Crippen molar-refractivity contribution in [3.8, 4) is 0 Å². The molecule has 0 unspecified atom stereocenters. The van der Waals surface area contributed by atoms with Crippen molar-refractivity contribution in [3.05, 3.63) is 34.4 Å². The summed E-state index contributed by atoms with van der Waals surface area (Å²) in [6, 6.07) is 1.78. The quantitative estimate of drug-likeness (QED) is 0.144. The second-order valence-corrected chi connectivity index (χ2v) is 9.07. The maximum atomic E-state index is 12.5. The fourth-order valence-corrected chi connectivity index (χ4v) is 3.89. The molecule has 0 aliphatic rings. The number of hydrogen-bond donors (Lipinski definition) is 2. The minimum absolute atomic E-state index is 0.107. The van der Waals surface area contributed by atoms with Crippen molar-refractivity contribution in [1.82, 2.24) is 0 Å². The van der Waals surface area contributed by atoms with Crippen LogP contribution in [0.15, 0.2) is 12.1 Å². The third-order valence-electron chi connectivity index (χ3n) is 6.02. The number of ether oxygens (including phenoxy) is 2. The lowest BCUT2D eigenvalue weighted by molar-refractivity contribution is 0.0472. The maximum Gasteiger partial charge on any atom is 0.339 e. The lowest BCUT2D eigenvalue weighted by Gasteiger charge is -2.12. The molecule has 0 saturated carbocycles. The molecule has 0 bridgehead atoms. The summed E-state index contributed by atoms with van der Waals surface area (Å²) in [5.74, 6) is -4.78. The van der Waals surface area contributed by atoms with Gasteiger partial charge in [0, 0.05) is 0 Å². The number of hydrogen-bond acceptors (Lipinski definition) is 6. The van der Waals surface area contributed by atoms with Gasteiger partial charge in [0.2, 0.25) is 0 Å². The molecule has 0 amide bonds. The fourth-order valence-electron chi connectivity index (χ4n) is 3.89. The molecule has 2 N–H and O–H groups in total. The lowest BCUT2D eigenvalue weighted by atomic mass is 9.98. The number of esters is 2. The smallest absolute Gasteiger partial charge is 0.339 e. The van der Waals surface area contributed by atoms with Gasteiger partial charge in [0.15, 0.2) is 0 Å². The first kappa shape index (κ1) is 31.1. The van der Waals surface area contributed by atoms with E-state index < -0.39 is 46.1 Å². The Balaban J connectivity index is 2.75. The van der Waals surface area contributed by atoms with Crippen LogP contribution in [-0.2, 0) is 9.47 Å². The van der Waals surface area contributed by atoms with E-state index in [1.54, 1.807) is 0 Å². The van der Waals surface area contributed by atoms with Gasteiger partial charge in [-0.05, 0) is 25.0 Å². The van der Waals surface area contributed by atoms with Gasteiger partial charge >= 0.3 is 23.9 Å². The summed E-state index contributed by atoms with van der Waals surface area (Å²) in [5.41, 5.74) is -1.78. The monoisotopic (exact) mass is 506 g/mol. The Kier molecular flexibility index (Phi) is 15.9. The van der Waals surface area contributed by atoms with Crippen molar-refractivity contribution in [2.75, 3.05) is 13.2 Å². The van der Waals surface area contributed by atoms with Crippen LogP contribution in [0.1, 0.15) is 145 Å². The summed E-state index contributed by atoms with van der Waals surface area (Å²) in [6.07, 6.45) is 14.4. The van der Waals surface area contributed by atoms with Gasteiger partial charge in [-0.2, -0.15) is 0 Å². The van der Waals surface area contributed by atoms with Crippen LogP contribution in [0.25, 0.3) is 0 Å². The van der Waals surface area contributed by atoms with Gasteiger partial charge in [0.25, 0.3) is 0 Å². The summed E-state index contributed by atoms with van der Waals surface area (Å²) >= 11 is 0. The predicted molar refractivity (Wildman–Crippen MR) is 137 cm³/mol. The molecule has 0 heterocycles. The van der Waals surface area contributed by atoms with Crippen molar-refractivity contribution in [2.45, 2.75) is 104 Å². The molecule has 1 aromatic carbocycles. The van der Waals surface area contributed by atoms with Gasteiger partial charge in [-0.1, -0.05) is 90.9 Å². The molecule has 0 saturated heterocycles. The van der Waals surface area contributed by atoms with E-state index in [0.29, 0.717) is 12.8 Å². The Morgan fingerprint density at radius 1 is 0.528 bits per heavy atom. The van der Waals surface area contributed by atoms with Gasteiger partial charge in [0.1, 0.15) is 0 Å². The Hall–Kier alpha value is -2.90. The Labute approximate surface area is 214 Å². The minimum Gasteiger partial charge on any atom is -0.478 e. The van der Waals surface area contributed by atoms with Gasteiger partial charge < -0.3 is 19.7 Å². The molecular formula is C28H42O8. The average molecular weight is 507 g/mol. The zero-order chi connectivity index (χ0) is 26.8. The molecule has 8 nitrogen and oxygen atoms in total. The van der Waals surface area contributed by atoms with Crippen LogP contribution in [0.2, 0.25) is 0 Å². The number of carbonyl (C=O) groups excluding carboxylic acids is 2. The van der Waals surface area contributed by atoms with E-state index in [1.165, 1.54) is 25.7 Å². The van der Waals surface area contributed by atoms with Crippen molar-refractivity contribution in [3.63, 3.8) is 0 Å². The topological polar surface area (TPSA) is 127 Å². The summed E-state index contributed by atoms with van der Waals surface area (Å²) in [5, 5.41) is 19.2. The van der Waals surface area contributed by atoms with Crippen LogP contribution in [-0.4, -0.2) is 47.3 Å². The molecule has 0 fully saturated rings. The summed E-state index contributed by atoms with van der Waals surface area (Å²) < 4.78 is 10.4. The number of unbranched alkanes of at least 4 members (excludes halogenated alkanes) is 12. The van der Waals surface area contributed by atoms with E-state index in [4.69, 9.17) is 9.47 Å². The standard InChI is InChI=1S/C28H42O8/c1-3-5-7-9-11-13-15-17-35-27(33)23-19-22(26(31)32)24(20-21(23)25(29)30)28(34)36-18-16-14-12-10-8-6-4-2/h19-20H,3-18H2,1-2H3,(H,29,30)(H,31,32).